The first-order valence-corrected chi connectivity index (χ1v) is 12.2. The average molecular weight is 553 g/mol. The average Bonchev–Trinajstić information content (AvgIpc) is 3.45. The molecule has 39 heavy (non-hydrogen) atoms. The van der Waals surface area contributed by atoms with E-state index in [9.17, 15) is 18.8 Å². The first-order chi connectivity index (χ1) is 18.4. The van der Waals surface area contributed by atoms with Crippen LogP contribution in [0.2, 0.25) is 5.02 Å². The number of carbonyl (C=O) groups excluding carboxylic acids is 1. The molecule has 0 aliphatic carbocycles. The molecule has 0 saturated heterocycles. The number of rotatable bonds is 5. The predicted molar refractivity (Wildman–Crippen MR) is 139 cm³/mol. The number of nitriles is 1. The van der Waals surface area contributed by atoms with Crippen molar-refractivity contribution in [3.63, 3.8) is 0 Å². The van der Waals surface area contributed by atoms with Gasteiger partial charge in [-0.25, -0.2) is 13.5 Å². The van der Waals surface area contributed by atoms with Gasteiger partial charge in [0.1, 0.15) is 41.0 Å². The zero-order valence-corrected chi connectivity index (χ0v) is 22.5. The van der Waals surface area contributed by atoms with Gasteiger partial charge in [0.05, 0.1) is 29.6 Å². The highest BCUT2D eigenvalue weighted by Gasteiger charge is 2.36. The minimum atomic E-state index is -1.15. The quantitative estimate of drug-likeness (QED) is 0.340. The normalized spacial score (nSPS) is 12.3. The molecule has 0 radical (unpaired) electrons. The molecule has 5 rings (SSSR count). The van der Waals surface area contributed by atoms with Crippen molar-refractivity contribution in [3.8, 4) is 45.8 Å². The van der Waals surface area contributed by atoms with Gasteiger partial charge >= 0.3 is 0 Å². The summed E-state index contributed by atoms with van der Waals surface area (Å²) < 4.78 is 43.1. The third-order valence-electron chi connectivity index (χ3n) is 6.66. The summed E-state index contributed by atoms with van der Waals surface area (Å²) in [5.41, 5.74) is 1.14. The van der Waals surface area contributed by atoms with Gasteiger partial charge in [0.15, 0.2) is 5.69 Å². The number of aromatic nitrogens is 4. The molecule has 1 aliphatic heterocycles. The molecule has 0 atom stereocenters. The van der Waals surface area contributed by atoms with E-state index in [0.717, 1.165) is 18.2 Å². The molecule has 0 bridgehead atoms. The number of amides is 1. The molecular formula is C27H23ClF2N6O3. The second kappa shape index (κ2) is 9.39. The van der Waals surface area contributed by atoms with Gasteiger partial charge in [0.25, 0.3) is 5.91 Å². The van der Waals surface area contributed by atoms with Crippen molar-refractivity contribution < 1.29 is 23.0 Å². The number of halogens is 3. The lowest BCUT2D eigenvalue weighted by atomic mass is 9.97. The van der Waals surface area contributed by atoms with E-state index in [2.05, 4.69) is 16.3 Å². The minimum Gasteiger partial charge on any atom is -0.496 e. The summed E-state index contributed by atoms with van der Waals surface area (Å²) in [6.45, 7) is 3.13. The van der Waals surface area contributed by atoms with Crippen LogP contribution in [-0.4, -0.2) is 50.1 Å². The lowest BCUT2D eigenvalue weighted by Gasteiger charge is -2.29. The number of methoxy groups -OCH3 is 1. The van der Waals surface area contributed by atoms with Crippen molar-refractivity contribution in [3.05, 3.63) is 64.4 Å². The van der Waals surface area contributed by atoms with Crippen molar-refractivity contribution in [2.75, 3.05) is 14.2 Å². The second-order valence-electron chi connectivity index (χ2n) is 9.59. The summed E-state index contributed by atoms with van der Waals surface area (Å²) in [6, 6.07) is 8.46. The Morgan fingerprint density at radius 3 is 2.46 bits per heavy atom. The molecule has 2 aromatic carbocycles. The second-order valence-corrected chi connectivity index (χ2v) is 9.99. The summed E-state index contributed by atoms with van der Waals surface area (Å²) in [4.78, 5) is 14.9. The van der Waals surface area contributed by atoms with Crippen LogP contribution in [0.1, 0.15) is 29.9 Å². The Balaban J connectivity index is 1.80. The van der Waals surface area contributed by atoms with E-state index in [1.54, 1.807) is 43.9 Å². The molecule has 1 aliphatic rings. The Kier molecular flexibility index (Phi) is 6.31. The van der Waals surface area contributed by atoms with Gasteiger partial charge in [-0.2, -0.15) is 15.5 Å². The van der Waals surface area contributed by atoms with Crippen molar-refractivity contribution in [1.82, 2.24) is 24.5 Å². The van der Waals surface area contributed by atoms with Crippen LogP contribution in [-0.2, 0) is 13.7 Å². The Morgan fingerprint density at radius 1 is 1.18 bits per heavy atom. The molecule has 0 N–H and O–H groups in total. The third-order valence-corrected chi connectivity index (χ3v) is 6.94. The van der Waals surface area contributed by atoms with Crippen molar-refractivity contribution in [1.29, 1.82) is 5.26 Å². The first-order valence-electron chi connectivity index (χ1n) is 11.8. The fourth-order valence-electron chi connectivity index (χ4n) is 4.38. The Hall–Kier alpha value is -4.43. The van der Waals surface area contributed by atoms with Crippen LogP contribution in [0.3, 0.4) is 0 Å². The number of ether oxygens (including phenoxy) is 2. The molecular weight excluding hydrogens is 530 g/mol. The highest BCUT2D eigenvalue weighted by molar-refractivity contribution is 6.33. The van der Waals surface area contributed by atoms with E-state index in [0.29, 0.717) is 44.6 Å². The van der Waals surface area contributed by atoms with E-state index >= 15 is 0 Å². The zero-order valence-electron chi connectivity index (χ0n) is 21.7. The number of hydrogen-bond acceptors (Lipinski definition) is 6. The molecule has 0 fully saturated rings. The van der Waals surface area contributed by atoms with Gasteiger partial charge < -0.3 is 14.4 Å². The van der Waals surface area contributed by atoms with Crippen LogP contribution in [0.25, 0.3) is 28.2 Å². The van der Waals surface area contributed by atoms with E-state index in [4.69, 9.17) is 21.1 Å². The SMILES string of the molecule is COc1cc2c(cc1-c1nn(C)cc1Cl)-c1c(c(C(=O)N(C)C(C)(C)C#N)nn1-c1cc(F)cc(F)c1)CO2. The van der Waals surface area contributed by atoms with Crippen LogP contribution in [0, 0.1) is 23.0 Å². The summed E-state index contributed by atoms with van der Waals surface area (Å²) in [6.07, 6.45) is 1.64. The van der Waals surface area contributed by atoms with E-state index < -0.39 is 23.1 Å². The van der Waals surface area contributed by atoms with Gasteiger partial charge in [-0.1, -0.05) is 11.6 Å². The van der Waals surface area contributed by atoms with Gasteiger partial charge in [0, 0.05) is 49.1 Å². The summed E-state index contributed by atoms with van der Waals surface area (Å²) in [5, 5.41) is 18.9. The van der Waals surface area contributed by atoms with Crippen molar-refractivity contribution in [2.45, 2.75) is 26.0 Å². The molecule has 12 heteroatoms. The van der Waals surface area contributed by atoms with Gasteiger partial charge in [-0.05, 0) is 32.0 Å². The Bertz CT molecular complexity index is 1670. The van der Waals surface area contributed by atoms with E-state index in [1.165, 1.54) is 23.7 Å². The smallest absolute Gasteiger partial charge is 0.275 e. The standard InChI is InChI=1S/C27H23ClF2N6O3/c1-27(2,13-31)35(4)26(37)24-19-12-39-22-10-21(38-5)17(23-20(28)11-34(3)32-23)9-18(22)25(19)36(33-24)16-7-14(29)6-15(30)8-16/h6-11H,12H2,1-5H3. The molecule has 0 unspecified atom stereocenters. The topological polar surface area (TPSA) is 98.2 Å². The van der Waals surface area contributed by atoms with Gasteiger partial charge in [-0.3, -0.25) is 9.48 Å². The molecule has 4 aromatic rings. The lowest BCUT2D eigenvalue weighted by molar-refractivity contribution is 0.0689. The Morgan fingerprint density at radius 2 is 1.87 bits per heavy atom. The molecule has 0 spiro atoms. The number of aryl methyl sites for hydroxylation is 1. The van der Waals surface area contributed by atoms with Crippen LogP contribution < -0.4 is 9.47 Å². The van der Waals surface area contributed by atoms with E-state index in [1.807, 2.05) is 0 Å². The molecule has 2 aromatic heterocycles. The zero-order chi connectivity index (χ0) is 28.2. The van der Waals surface area contributed by atoms with Crippen molar-refractivity contribution in [2.24, 2.45) is 7.05 Å². The van der Waals surface area contributed by atoms with E-state index in [-0.39, 0.29) is 18.0 Å². The summed E-state index contributed by atoms with van der Waals surface area (Å²) >= 11 is 6.44. The highest BCUT2D eigenvalue weighted by Crippen LogP contribution is 2.47. The number of carbonyl (C=O) groups is 1. The molecule has 1 amide bonds. The maximum absolute atomic E-state index is 14.3. The van der Waals surface area contributed by atoms with Crippen LogP contribution >= 0.6 is 11.6 Å². The first kappa shape index (κ1) is 26.2. The highest BCUT2D eigenvalue weighted by atomic mass is 35.5. The number of benzene rings is 2. The summed E-state index contributed by atoms with van der Waals surface area (Å²) in [7, 11) is 4.72. The molecule has 3 heterocycles. The third kappa shape index (κ3) is 4.36. The molecule has 200 valence electrons. The summed E-state index contributed by atoms with van der Waals surface area (Å²) in [5.74, 6) is -1.34. The number of fused-ring (bicyclic) bond motifs is 3. The fraction of sp³-hybridized carbons (Fsp3) is 0.259. The van der Waals surface area contributed by atoms with Crippen LogP contribution in [0.4, 0.5) is 8.78 Å². The number of hydrogen-bond donors (Lipinski definition) is 0. The number of nitrogens with zero attached hydrogens (tertiary/aromatic N) is 6. The fourth-order valence-corrected chi connectivity index (χ4v) is 4.66. The van der Waals surface area contributed by atoms with Crippen molar-refractivity contribution >= 4 is 17.5 Å². The monoisotopic (exact) mass is 552 g/mol. The van der Waals surface area contributed by atoms with Gasteiger partial charge in [-0.15, -0.1) is 0 Å². The van der Waals surface area contributed by atoms with Gasteiger partial charge in [0.2, 0.25) is 0 Å². The lowest BCUT2D eigenvalue weighted by Crippen LogP contribution is -2.44. The van der Waals surface area contributed by atoms with Crippen LogP contribution in [0.15, 0.2) is 36.5 Å². The largest absolute Gasteiger partial charge is 0.496 e. The molecule has 0 saturated carbocycles. The minimum absolute atomic E-state index is 0.0145. The molecule has 9 nitrogen and oxygen atoms in total. The maximum Gasteiger partial charge on any atom is 0.275 e. The van der Waals surface area contributed by atoms with Crippen LogP contribution in [0.5, 0.6) is 11.5 Å². The predicted octanol–water partition coefficient (Wildman–Crippen LogP) is 5.15. The maximum atomic E-state index is 14.3. The Labute approximate surface area is 227 Å².